The van der Waals surface area contributed by atoms with Gasteiger partial charge in [0.1, 0.15) is 0 Å². The molecule has 4 heterocycles. The molecule has 0 bridgehead atoms. The second-order valence-electron chi connectivity index (χ2n) is 13.5. The molecule has 0 aromatic heterocycles. The minimum atomic E-state index is -3.58. The van der Waals surface area contributed by atoms with Crippen LogP contribution in [0.15, 0.2) is 103 Å². The molecule has 4 aliphatic heterocycles. The van der Waals surface area contributed by atoms with Crippen molar-refractivity contribution in [3.05, 3.63) is 104 Å². The molecule has 0 amide bonds. The largest absolute Gasteiger partial charge is 0.309 e. The van der Waals surface area contributed by atoms with Gasteiger partial charge in [0.05, 0.1) is 9.79 Å². The van der Waals surface area contributed by atoms with Crippen LogP contribution in [0, 0.1) is 13.8 Å². The van der Waals surface area contributed by atoms with Crippen LogP contribution in [0.1, 0.15) is 38.8 Å². The van der Waals surface area contributed by atoms with Crippen LogP contribution in [-0.2, 0) is 20.0 Å². The predicted octanol–water partition coefficient (Wildman–Crippen LogP) is 8.02. The summed E-state index contributed by atoms with van der Waals surface area (Å²) in [6.45, 7) is 17.8. The fourth-order valence-corrected chi connectivity index (χ4v) is 11.7. The number of rotatable bonds is 8. The molecule has 0 fully saturated rings. The summed E-state index contributed by atoms with van der Waals surface area (Å²) in [5, 5.41) is 10.4. The zero-order valence-corrected chi connectivity index (χ0v) is 38.9. The molecule has 2 N–H and O–H groups in total. The van der Waals surface area contributed by atoms with Gasteiger partial charge in [0.2, 0.25) is 20.0 Å². The molecule has 0 radical (unpaired) electrons. The number of benzene rings is 2. The van der Waals surface area contributed by atoms with Crippen molar-refractivity contribution in [2.75, 3.05) is 73.7 Å². The molecule has 0 atom stereocenters. The summed E-state index contributed by atoms with van der Waals surface area (Å²) in [6.07, 6.45) is 0. The van der Waals surface area contributed by atoms with Crippen molar-refractivity contribution in [1.29, 1.82) is 0 Å². The number of nitrogens with one attached hydrogen (secondary N) is 2. The Balaban J connectivity index is 0.000000246. The number of aryl methyl sites for hydroxylation is 2. The lowest BCUT2D eigenvalue weighted by Crippen LogP contribution is -2.36. The third-order valence-electron chi connectivity index (χ3n) is 9.29. The molecule has 52 heavy (non-hydrogen) atoms. The molecule has 0 aliphatic carbocycles. The Bertz CT molecular complexity index is 1690. The van der Waals surface area contributed by atoms with E-state index >= 15 is 0 Å². The molecule has 2 aromatic carbocycles. The molecule has 0 spiro atoms. The van der Waals surface area contributed by atoms with E-state index in [0.29, 0.717) is 0 Å². The van der Waals surface area contributed by atoms with E-state index in [1.54, 1.807) is 59.7 Å². The van der Waals surface area contributed by atoms with Crippen molar-refractivity contribution in [2.24, 2.45) is 0 Å². The zero-order valence-electron chi connectivity index (χ0n) is 31.0. The Morgan fingerprint density at radius 3 is 1.02 bits per heavy atom. The maximum Gasteiger partial charge on any atom is 0.243 e. The second kappa shape index (κ2) is 21.4. The van der Waals surface area contributed by atoms with E-state index in [9.17, 15) is 16.8 Å². The molecule has 0 saturated heterocycles. The standard InChI is InChI=1S/C20H22N2O4S2.C6H8Br4.C6H10N2.C6H12/c1-15-3-7-19(8-4-15)27(23,24)21-11-17-13-22(14-18(17)12-21)28(25,26)20-9-5-16(2)6-10-20;7-1-5(2-8)6(3-9)4-10;1-5-2-8-4-6(5)3-7-1;1-5(2)6(3)4/h3-10H,11-14H2,1-2H3;1-4H2;7-8H,1-4H2;1-4H3. The fourth-order valence-electron chi connectivity index (χ4n) is 5.37. The van der Waals surface area contributed by atoms with E-state index in [1.807, 2.05) is 13.8 Å². The monoisotopic (exact) mass is 1010 g/mol. The maximum absolute atomic E-state index is 12.9. The summed E-state index contributed by atoms with van der Waals surface area (Å²) < 4.78 is 54.4. The third kappa shape index (κ3) is 12.5. The summed E-state index contributed by atoms with van der Waals surface area (Å²) in [6, 6.07) is 13.6. The van der Waals surface area contributed by atoms with Crippen molar-refractivity contribution in [3.8, 4) is 0 Å². The van der Waals surface area contributed by atoms with Crippen molar-refractivity contribution in [2.45, 2.75) is 51.3 Å². The first kappa shape index (κ1) is 45.4. The molecular formula is C38H52Br4N4O4S2. The Kier molecular flexibility index (Phi) is 18.7. The molecule has 4 aliphatic rings. The summed E-state index contributed by atoms with van der Waals surface area (Å²) in [5.74, 6) is 0. The lowest BCUT2D eigenvalue weighted by molar-refractivity contribution is 0.435. The van der Waals surface area contributed by atoms with Gasteiger partial charge in [-0.1, -0.05) is 110 Å². The highest BCUT2D eigenvalue weighted by Gasteiger charge is 2.40. The van der Waals surface area contributed by atoms with Crippen molar-refractivity contribution in [1.82, 2.24) is 19.2 Å². The molecule has 6 rings (SSSR count). The highest BCUT2D eigenvalue weighted by atomic mass is 79.9. The van der Waals surface area contributed by atoms with Crippen LogP contribution in [0.25, 0.3) is 0 Å². The van der Waals surface area contributed by atoms with E-state index in [-0.39, 0.29) is 36.0 Å². The Morgan fingerprint density at radius 2 is 0.788 bits per heavy atom. The number of nitrogens with zero attached hydrogens (tertiary/aromatic N) is 2. The number of sulfonamides is 2. The Morgan fingerprint density at radius 1 is 0.519 bits per heavy atom. The Hall–Kier alpha value is -0.940. The topological polar surface area (TPSA) is 98.8 Å². The van der Waals surface area contributed by atoms with Crippen LogP contribution in [0.2, 0.25) is 0 Å². The van der Waals surface area contributed by atoms with E-state index in [2.05, 4.69) is 102 Å². The lowest BCUT2D eigenvalue weighted by atomic mass is 10.2. The number of hydrogen-bond donors (Lipinski definition) is 2. The van der Waals surface area contributed by atoms with Crippen molar-refractivity contribution in [3.63, 3.8) is 0 Å². The number of allylic oxidation sites excluding steroid dienone is 4. The molecule has 0 saturated carbocycles. The molecular weight excluding hydrogens is 960 g/mol. The van der Waals surface area contributed by atoms with Gasteiger partial charge in [0.15, 0.2) is 0 Å². The quantitative estimate of drug-likeness (QED) is 0.206. The summed E-state index contributed by atoms with van der Waals surface area (Å²) >= 11 is 13.7. The lowest BCUT2D eigenvalue weighted by Gasteiger charge is -2.22. The van der Waals surface area contributed by atoms with Gasteiger partial charge in [0.25, 0.3) is 0 Å². The summed E-state index contributed by atoms with van der Waals surface area (Å²) in [4.78, 5) is 0.534. The Labute approximate surface area is 346 Å². The number of hydrogen-bond acceptors (Lipinski definition) is 6. The predicted molar refractivity (Wildman–Crippen MR) is 232 cm³/mol. The highest BCUT2D eigenvalue weighted by Crippen LogP contribution is 2.33. The zero-order chi connectivity index (χ0) is 38.6. The minimum absolute atomic E-state index is 0.242. The van der Waals surface area contributed by atoms with Crippen molar-refractivity contribution >= 4 is 83.8 Å². The first-order chi connectivity index (χ1) is 24.6. The van der Waals surface area contributed by atoms with Gasteiger partial charge in [-0.25, -0.2) is 16.8 Å². The van der Waals surface area contributed by atoms with Crippen LogP contribution in [0.3, 0.4) is 0 Å². The van der Waals surface area contributed by atoms with E-state index in [1.165, 1.54) is 30.9 Å². The first-order valence-electron chi connectivity index (χ1n) is 17.1. The molecule has 8 nitrogen and oxygen atoms in total. The molecule has 0 unspecified atom stereocenters. The van der Waals surface area contributed by atoms with Gasteiger partial charge in [-0.3, -0.25) is 0 Å². The molecule has 14 heteroatoms. The van der Waals surface area contributed by atoms with Gasteiger partial charge in [-0.15, -0.1) is 0 Å². The van der Waals surface area contributed by atoms with E-state index in [0.717, 1.165) is 69.8 Å². The average molecular weight is 1010 g/mol. The maximum atomic E-state index is 12.9. The van der Waals surface area contributed by atoms with E-state index in [4.69, 9.17) is 0 Å². The van der Waals surface area contributed by atoms with Gasteiger partial charge < -0.3 is 10.6 Å². The summed E-state index contributed by atoms with van der Waals surface area (Å²) in [7, 11) is -7.17. The van der Waals surface area contributed by atoms with Crippen molar-refractivity contribution < 1.29 is 16.8 Å². The first-order valence-corrected chi connectivity index (χ1v) is 24.4. The van der Waals surface area contributed by atoms with Crippen LogP contribution in [0.5, 0.6) is 0 Å². The van der Waals surface area contributed by atoms with Crippen LogP contribution < -0.4 is 10.6 Å². The van der Waals surface area contributed by atoms with Crippen LogP contribution >= 0.6 is 63.7 Å². The smallest absolute Gasteiger partial charge is 0.243 e. The van der Waals surface area contributed by atoms with Gasteiger partial charge in [0, 0.05) is 73.7 Å². The number of halogens is 4. The second-order valence-corrected chi connectivity index (χ2v) is 19.7. The molecule has 288 valence electrons. The third-order valence-corrected chi connectivity index (χ3v) is 15.6. The van der Waals surface area contributed by atoms with Gasteiger partial charge in [-0.2, -0.15) is 8.61 Å². The highest BCUT2D eigenvalue weighted by molar-refractivity contribution is 9.10. The van der Waals surface area contributed by atoms with Crippen LogP contribution in [0.4, 0.5) is 0 Å². The normalized spacial score (nSPS) is 17.0. The molecule has 2 aromatic rings. The SMILES string of the molecule is BrCC(CBr)=C(CBr)CBr.C1NCC2=C1CNC2.CC(C)=C(C)C.Cc1ccc(S(=O)(=O)N2CC3=C(C2)CN(S(=O)(=O)c2ccc(C)cc2)C3)cc1. The summed E-state index contributed by atoms with van der Waals surface area (Å²) in [5.41, 5.74) is 12.6. The minimum Gasteiger partial charge on any atom is -0.309 e. The number of alkyl halides is 4. The van der Waals surface area contributed by atoms with Gasteiger partial charge in [-0.05, 0) is 99.2 Å². The van der Waals surface area contributed by atoms with E-state index < -0.39 is 20.0 Å². The van der Waals surface area contributed by atoms with Gasteiger partial charge >= 0.3 is 0 Å². The average Bonchev–Trinajstić information content (AvgIpc) is 3.91. The fraction of sp³-hybridized carbons (Fsp3) is 0.474. The van der Waals surface area contributed by atoms with Crippen LogP contribution in [-0.4, -0.2) is 99.1 Å².